The van der Waals surface area contributed by atoms with Crippen molar-refractivity contribution in [3.05, 3.63) is 42.5 Å². The summed E-state index contributed by atoms with van der Waals surface area (Å²) in [5.41, 5.74) is 1.88. The SMILES string of the molecule is CCC1(CC)Oc2ccc(NC(C)c3cnccn3)cc2O1. The highest BCUT2D eigenvalue weighted by molar-refractivity contribution is 5.56. The predicted octanol–water partition coefficient (Wildman–Crippen LogP) is 3.94. The number of fused-ring (bicyclic) bond motifs is 1. The van der Waals surface area contributed by atoms with Crippen LogP contribution in [0, 0.1) is 0 Å². The van der Waals surface area contributed by atoms with E-state index in [1.54, 1.807) is 18.6 Å². The van der Waals surface area contributed by atoms with Gasteiger partial charge in [-0.15, -0.1) is 0 Å². The Kier molecular flexibility index (Phi) is 3.88. The molecule has 5 nitrogen and oxygen atoms in total. The van der Waals surface area contributed by atoms with Crippen LogP contribution in [0.1, 0.15) is 45.3 Å². The molecule has 0 fully saturated rings. The van der Waals surface area contributed by atoms with E-state index in [2.05, 4.69) is 36.1 Å². The van der Waals surface area contributed by atoms with Gasteiger partial charge in [0.15, 0.2) is 11.5 Å². The van der Waals surface area contributed by atoms with Crippen LogP contribution in [0.3, 0.4) is 0 Å². The summed E-state index contributed by atoms with van der Waals surface area (Å²) in [6, 6.07) is 6.00. The molecule has 1 aromatic heterocycles. The van der Waals surface area contributed by atoms with Crippen molar-refractivity contribution in [2.24, 2.45) is 0 Å². The summed E-state index contributed by atoms with van der Waals surface area (Å²) in [5.74, 6) is 1.08. The molecule has 0 aliphatic carbocycles. The van der Waals surface area contributed by atoms with Gasteiger partial charge in [0.25, 0.3) is 5.79 Å². The van der Waals surface area contributed by atoms with E-state index in [4.69, 9.17) is 9.47 Å². The van der Waals surface area contributed by atoms with Gasteiger partial charge in [-0.2, -0.15) is 0 Å². The summed E-state index contributed by atoms with van der Waals surface area (Å²) < 4.78 is 12.0. The van der Waals surface area contributed by atoms with Crippen LogP contribution >= 0.6 is 0 Å². The molecule has 0 saturated carbocycles. The van der Waals surface area contributed by atoms with Crippen molar-refractivity contribution in [2.45, 2.75) is 45.4 Å². The Hall–Kier alpha value is -2.30. The van der Waals surface area contributed by atoms with E-state index < -0.39 is 5.79 Å². The molecule has 5 heteroatoms. The Morgan fingerprint density at radius 2 is 1.91 bits per heavy atom. The molecule has 0 spiro atoms. The molecule has 1 aromatic carbocycles. The van der Waals surface area contributed by atoms with Crippen LogP contribution in [0.25, 0.3) is 0 Å². The molecule has 0 amide bonds. The summed E-state index contributed by atoms with van der Waals surface area (Å²) in [4.78, 5) is 8.42. The van der Waals surface area contributed by atoms with Crippen molar-refractivity contribution < 1.29 is 9.47 Å². The fourth-order valence-corrected chi connectivity index (χ4v) is 2.58. The summed E-state index contributed by atoms with van der Waals surface area (Å²) in [6.45, 7) is 6.20. The highest BCUT2D eigenvalue weighted by Gasteiger charge is 2.38. The van der Waals surface area contributed by atoms with Crippen LogP contribution in [0.5, 0.6) is 11.5 Å². The van der Waals surface area contributed by atoms with Gasteiger partial charge in [0.2, 0.25) is 0 Å². The van der Waals surface area contributed by atoms with Gasteiger partial charge in [0, 0.05) is 37.0 Å². The average Bonchev–Trinajstić information content (AvgIpc) is 2.94. The minimum Gasteiger partial charge on any atom is -0.448 e. The first-order chi connectivity index (χ1) is 10.7. The molecule has 1 aliphatic rings. The molecule has 0 saturated heterocycles. The van der Waals surface area contributed by atoms with E-state index in [1.165, 1.54) is 0 Å². The number of hydrogen-bond donors (Lipinski definition) is 1. The molecule has 1 N–H and O–H groups in total. The van der Waals surface area contributed by atoms with E-state index in [1.807, 2.05) is 18.2 Å². The third kappa shape index (κ3) is 2.71. The van der Waals surface area contributed by atoms with Crippen LogP contribution in [0.2, 0.25) is 0 Å². The number of benzene rings is 1. The van der Waals surface area contributed by atoms with E-state index >= 15 is 0 Å². The Labute approximate surface area is 130 Å². The topological polar surface area (TPSA) is 56.3 Å². The van der Waals surface area contributed by atoms with Crippen molar-refractivity contribution in [2.75, 3.05) is 5.32 Å². The largest absolute Gasteiger partial charge is 0.448 e. The lowest BCUT2D eigenvalue weighted by Crippen LogP contribution is -2.36. The zero-order chi connectivity index (χ0) is 15.6. The molecule has 0 bridgehead atoms. The zero-order valence-electron chi connectivity index (χ0n) is 13.2. The number of ether oxygens (including phenoxy) is 2. The molecule has 2 heterocycles. The monoisotopic (exact) mass is 299 g/mol. The Balaban J connectivity index is 1.76. The van der Waals surface area contributed by atoms with Crippen molar-refractivity contribution >= 4 is 5.69 Å². The fourth-order valence-electron chi connectivity index (χ4n) is 2.58. The Morgan fingerprint density at radius 1 is 1.14 bits per heavy atom. The minimum atomic E-state index is -0.516. The van der Waals surface area contributed by atoms with Gasteiger partial charge in [-0.05, 0) is 19.1 Å². The fraction of sp³-hybridized carbons (Fsp3) is 0.412. The van der Waals surface area contributed by atoms with E-state index in [-0.39, 0.29) is 6.04 Å². The summed E-state index contributed by atoms with van der Waals surface area (Å²) in [7, 11) is 0. The standard InChI is InChI=1S/C17H21N3O2/c1-4-17(5-2)21-15-7-6-13(10-16(15)22-17)20-12(3)14-11-18-8-9-19-14/h6-12,20H,4-5H2,1-3H3. The van der Waals surface area contributed by atoms with Crippen molar-refractivity contribution in [3.63, 3.8) is 0 Å². The van der Waals surface area contributed by atoms with Gasteiger partial charge < -0.3 is 14.8 Å². The second-order valence-corrected chi connectivity index (χ2v) is 5.48. The van der Waals surface area contributed by atoms with Crippen LogP contribution in [-0.2, 0) is 0 Å². The second-order valence-electron chi connectivity index (χ2n) is 5.48. The Morgan fingerprint density at radius 3 is 2.59 bits per heavy atom. The first-order valence-electron chi connectivity index (χ1n) is 7.70. The summed E-state index contributed by atoms with van der Waals surface area (Å²) in [5, 5.41) is 3.41. The third-order valence-corrected chi connectivity index (χ3v) is 4.02. The smallest absolute Gasteiger partial charge is 0.251 e. The van der Waals surface area contributed by atoms with Gasteiger partial charge in [-0.1, -0.05) is 13.8 Å². The molecule has 1 unspecified atom stereocenters. The molecular weight excluding hydrogens is 278 g/mol. The normalized spacial score (nSPS) is 16.3. The quantitative estimate of drug-likeness (QED) is 0.906. The second kappa shape index (κ2) is 5.83. The predicted molar refractivity (Wildman–Crippen MR) is 85.1 cm³/mol. The van der Waals surface area contributed by atoms with E-state index in [0.717, 1.165) is 35.7 Å². The molecule has 3 rings (SSSR count). The molecule has 2 aromatic rings. The zero-order valence-corrected chi connectivity index (χ0v) is 13.2. The van der Waals surface area contributed by atoms with Crippen LogP contribution in [-0.4, -0.2) is 15.8 Å². The van der Waals surface area contributed by atoms with Gasteiger partial charge in [0.05, 0.1) is 17.9 Å². The maximum atomic E-state index is 6.03. The Bertz CT molecular complexity index is 642. The molecule has 0 radical (unpaired) electrons. The average molecular weight is 299 g/mol. The van der Waals surface area contributed by atoms with Crippen molar-refractivity contribution in [1.82, 2.24) is 9.97 Å². The maximum absolute atomic E-state index is 6.03. The number of nitrogens with one attached hydrogen (secondary N) is 1. The van der Waals surface area contributed by atoms with Gasteiger partial charge in [-0.3, -0.25) is 9.97 Å². The first-order valence-corrected chi connectivity index (χ1v) is 7.70. The third-order valence-electron chi connectivity index (χ3n) is 4.02. The summed E-state index contributed by atoms with van der Waals surface area (Å²) >= 11 is 0. The first kappa shape index (κ1) is 14.6. The highest BCUT2D eigenvalue weighted by Crippen LogP contribution is 2.43. The van der Waals surface area contributed by atoms with E-state index in [0.29, 0.717) is 0 Å². The van der Waals surface area contributed by atoms with Crippen LogP contribution in [0.15, 0.2) is 36.8 Å². The molecular formula is C17H21N3O2. The van der Waals surface area contributed by atoms with Crippen molar-refractivity contribution in [3.8, 4) is 11.5 Å². The number of hydrogen-bond acceptors (Lipinski definition) is 5. The lowest BCUT2D eigenvalue weighted by Gasteiger charge is -2.24. The molecule has 1 atom stereocenters. The highest BCUT2D eigenvalue weighted by atomic mass is 16.7. The maximum Gasteiger partial charge on any atom is 0.251 e. The number of nitrogens with zero attached hydrogens (tertiary/aromatic N) is 2. The lowest BCUT2D eigenvalue weighted by atomic mass is 10.1. The van der Waals surface area contributed by atoms with Gasteiger partial charge >= 0.3 is 0 Å². The van der Waals surface area contributed by atoms with Gasteiger partial charge in [0.1, 0.15) is 0 Å². The molecule has 1 aliphatic heterocycles. The summed E-state index contributed by atoms with van der Waals surface area (Å²) in [6.07, 6.45) is 6.77. The van der Waals surface area contributed by atoms with Crippen LogP contribution in [0.4, 0.5) is 5.69 Å². The van der Waals surface area contributed by atoms with Gasteiger partial charge in [-0.25, -0.2) is 0 Å². The molecule has 22 heavy (non-hydrogen) atoms. The van der Waals surface area contributed by atoms with Crippen LogP contribution < -0.4 is 14.8 Å². The minimum absolute atomic E-state index is 0.0659. The number of aromatic nitrogens is 2. The molecule has 116 valence electrons. The number of rotatable bonds is 5. The van der Waals surface area contributed by atoms with E-state index in [9.17, 15) is 0 Å². The number of anilines is 1. The lowest BCUT2D eigenvalue weighted by molar-refractivity contribution is -0.0843. The van der Waals surface area contributed by atoms with Crippen molar-refractivity contribution in [1.29, 1.82) is 0 Å².